The minimum atomic E-state index is -0.325. The van der Waals surface area contributed by atoms with E-state index in [1.807, 2.05) is 18.2 Å². The molecule has 0 aliphatic carbocycles. The van der Waals surface area contributed by atoms with Crippen molar-refractivity contribution in [1.29, 1.82) is 0 Å². The Morgan fingerprint density at radius 3 is 2.55 bits per heavy atom. The van der Waals surface area contributed by atoms with Gasteiger partial charge in [0.25, 0.3) is 5.91 Å². The van der Waals surface area contributed by atoms with Crippen molar-refractivity contribution in [2.45, 2.75) is 26.2 Å². The first kappa shape index (κ1) is 16.4. The summed E-state index contributed by atoms with van der Waals surface area (Å²) < 4.78 is 6.76. The maximum absolute atomic E-state index is 12.4. The molecule has 0 aliphatic heterocycles. The third kappa shape index (κ3) is 3.25. The van der Waals surface area contributed by atoms with Crippen LogP contribution in [0.25, 0.3) is 0 Å². The fourth-order valence-electron chi connectivity index (χ4n) is 2.12. The number of benzene rings is 1. The van der Waals surface area contributed by atoms with Crippen molar-refractivity contribution in [2.75, 3.05) is 12.4 Å². The van der Waals surface area contributed by atoms with Crippen LogP contribution < -0.4 is 10.1 Å². The molecule has 118 valence electrons. The number of carbonyl (C=O) groups is 1. The number of carbonyl (C=O) groups excluding carboxylic acids is 1. The van der Waals surface area contributed by atoms with Crippen LogP contribution in [0.15, 0.2) is 24.4 Å². The van der Waals surface area contributed by atoms with E-state index in [-0.39, 0.29) is 11.3 Å². The van der Waals surface area contributed by atoms with Gasteiger partial charge in [-0.3, -0.25) is 9.48 Å². The highest BCUT2D eigenvalue weighted by Crippen LogP contribution is 2.32. The van der Waals surface area contributed by atoms with E-state index in [1.54, 1.807) is 14.2 Å². The first-order valence-corrected chi connectivity index (χ1v) is 7.29. The standard InChI is InChI=1S/C16H20ClN3O2/c1-16(2,3)10-6-7-13(22-5)12(8-10)19-15(21)14-11(17)9-18-20(14)4/h6-9H,1-5H3,(H,19,21). The van der Waals surface area contributed by atoms with Gasteiger partial charge in [-0.1, -0.05) is 38.4 Å². The first-order valence-electron chi connectivity index (χ1n) is 6.91. The van der Waals surface area contributed by atoms with Crippen molar-refractivity contribution < 1.29 is 9.53 Å². The number of anilines is 1. The molecule has 1 aromatic heterocycles. The van der Waals surface area contributed by atoms with Crippen molar-refractivity contribution in [3.8, 4) is 5.75 Å². The number of methoxy groups -OCH3 is 1. The summed E-state index contributed by atoms with van der Waals surface area (Å²) in [5, 5.41) is 7.13. The molecule has 0 atom stereocenters. The van der Waals surface area contributed by atoms with Crippen LogP contribution in [0.4, 0.5) is 5.69 Å². The minimum absolute atomic E-state index is 0.0318. The van der Waals surface area contributed by atoms with E-state index in [2.05, 4.69) is 31.2 Å². The van der Waals surface area contributed by atoms with Gasteiger partial charge in [0.1, 0.15) is 11.4 Å². The Morgan fingerprint density at radius 2 is 2.05 bits per heavy atom. The van der Waals surface area contributed by atoms with Gasteiger partial charge in [-0.05, 0) is 23.1 Å². The van der Waals surface area contributed by atoms with Gasteiger partial charge in [0.05, 0.1) is 24.0 Å². The van der Waals surface area contributed by atoms with Gasteiger partial charge in [-0.25, -0.2) is 0 Å². The molecule has 2 rings (SSSR count). The maximum atomic E-state index is 12.4. The van der Waals surface area contributed by atoms with Crippen LogP contribution in [0.3, 0.4) is 0 Å². The lowest BCUT2D eigenvalue weighted by molar-refractivity contribution is 0.101. The monoisotopic (exact) mass is 321 g/mol. The maximum Gasteiger partial charge on any atom is 0.275 e. The number of rotatable bonds is 3. The third-order valence-electron chi connectivity index (χ3n) is 3.42. The Hall–Kier alpha value is -2.01. The predicted octanol–water partition coefficient (Wildman–Crippen LogP) is 3.63. The lowest BCUT2D eigenvalue weighted by Gasteiger charge is -2.21. The Labute approximate surface area is 135 Å². The van der Waals surface area contributed by atoms with E-state index in [4.69, 9.17) is 16.3 Å². The van der Waals surface area contributed by atoms with Crippen molar-refractivity contribution in [2.24, 2.45) is 7.05 Å². The lowest BCUT2D eigenvalue weighted by Crippen LogP contribution is -2.18. The predicted molar refractivity (Wildman–Crippen MR) is 87.9 cm³/mol. The zero-order chi connectivity index (χ0) is 16.5. The van der Waals surface area contributed by atoms with Crippen molar-refractivity contribution >= 4 is 23.2 Å². The molecular formula is C16H20ClN3O2. The van der Waals surface area contributed by atoms with Gasteiger partial charge in [0.15, 0.2) is 0 Å². The minimum Gasteiger partial charge on any atom is -0.495 e. The van der Waals surface area contributed by atoms with Crippen LogP contribution >= 0.6 is 11.6 Å². The normalized spacial score (nSPS) is 11.4. The van der Waals surface area contributed by atoms with Crippen molar-refractivity contribution in [3.63, 3.8) is 0 Å². The van der Waals surface area contributed by atoms with Crippen LogP contribution in [0.1, 0.15) is 36.8 Å². The quantitative estimate of drug-likeness (QED) is 0.939. The molecule has 0 aliphatic rings. The second-order valence-corrected chi connectivity index (χ2v) is 6.49. The van der Waals surface area contributed by atoms with Gasteiger partial charge >= 0.3 is 0 Å². The molecule has 0 bridgehead atoms. The van der Waals surface area contributed by atoms with Gasteiger partial charge < -0.3 is 10.1 Å². The van der Waals surface area contributed by atoms with Crippen LogP contribution in [-0.4, -0.2) is 22.8 Å². The summed E-state index contributed by atoms with van der Waals surface area (Å²) in [6.45, 7) is 6.33. The fraction of sp³-hybridized carbons (Fsp3) is 0.375. The molecule has 6 heteroatoms. The first-order chi connectivity index (χ1) is 10.2. The summed E-state index contributed by atoms with van der Waals surface area (Å²) in [6, 6.07) is 5.76. The summed E-state index contributed by atoms with van der Waals surface area (Å²) in [7, 11) is 3.24. The summed E-state index contributed by atoms with van der Waals surface area (Å²) in [5.74, 6) is 0.272. The summed E-state index contributed by atoms with van der Waals surface area (Å²) in [6.07, 6.45) is 1.44. The molecule has 0 radical (unpaired) electrons. The van der Waals surface area contributed by atoms with Gasteiger partial charge in [0, 0.05) is 7.05 Å². The summed E-state index contributed by atoms with van der Waals surface area (Å²) in [5.41, 5.74) is 1.98. The lowest BCUT2D eigenvalue weighted by atomic mass is 9.87. The highest BCUT2D eigenvalue weighted by atomic mass is 35.5. The van der Waals surface area contributed by atoms with Crippen LogP contribution in [0, 0.1) is 0 Å². The van der Waals surface area contributed by atoms with E-state index in [0.29, 0.717) is 22.2 Å². The van der Waals surface area contributed by atoms with Gasteiger partial charge in [0.2, 0.25) is 0 Å². The number of hydrogen-bond donors (Lipinski definition) is 1. The van der Waals surface area contributed by atoms with Crippen LogP contribution in [-0.2, 0) is 12.5 Å². The molecule has 0 fully saturated rings. The molecule has 1 aromatic carbocycles. The molecule has 0 unspecified atom stereocenters. The number of ether oxygens (including phenoxy) is 1. The number of nitrogens with zero attached hydrogens (tertiary/aromatic N) is 2. The Balaban J connectivity index is 2.38. The topological polar surface area (TPSA) is 56.1 Å². The van der Waals surface area contributed by atoms with E-state index < -0.39 is 0 Å². The Bertz CT molecular complexity index is 682. The SMILES string of the molecule is COc1ccc(C(C)(C)C)cc1NC(=O)c1c(Cl)cnn1C. The van der Waals surface area contributed by atoms with Crippen molar-refractivity contribution in [1.82, 2.24) is 9.78 Å². The zero-order valence-electron chi connectivity index (χ0n) is 13.4. The third-order valence-corrected chi connectivity index (χ3v) is 3.70. The molecule has 2 aromatic rings. The van der Waals surface area contributed by atoms with E-state index >= 15 is 0 Å². The number of aryl methyl sites for hydroxylation is 1. The Morgan fingerprint density at radius 1 is 1.36 bits per heavy atom. The Kier molecular flexibility index (Phi) is 4.47. The van der Waals surface area contributed by atoms with Gasteiger partial charge in [-0.2, -0.15) is 5.10 Å². The van der Waals surface area contributed by atoms with Crippen LogP contribution in [0.5, 0.6) is 5.75 Å². The summed E-state index contributed by atoms with van der Waals surface area (Å²) >= 11 is 6.01. The molecule has 0 saturated heterocycles. The van der Waals surface area contributed by atoms with Crippen LogP contribution in [0.2, 0.25) is 5.02 Å². The van der Waals surface area contributed by atoms with E-state index in [1.165, 1.54) is 10.9 Å². The highest BCUT2D eigenvalue weighted by molar-refractivity contribution is 6.34. The largest absolute Gasteiger partial charge is 0.495 e. The second kappa shape index (κ2) is 6.01. The average molecular weight is 322 g/mol. The molecule has 5 nitrogen and oxygen atoms in total. The number of nitrogens with one attached hydrogen (secondary N) is 1. The molecule has 22 heavy (non-hydrogen) atoms. The number of halogens is 1. The highest BCUT2D eigenvalue weighted by Gasteiger charge is 2.20. The zero-order valence-corrected chi connectivity index (χ0v) is 14.2. The molecule has 1 heterocycles. The smallest absolute Gasteiger partial charge is 0.275 e. The molecule has 0 saturated carbocycles. The molecule has 1 N–H and O–H groups in total. The van der Waals surface area contributed by atoms with E-state index in [0.717, 1.165) is 5.56 Å². The number of amides is 1. The fourth-order valence-corrected chi connectivity index (χ4v) is 2.37. The van der Waals surface area contributed by atoms with E-state index in [9.17, 15) is 4.79 Å². The average Bonchev–Trinajstić information content (AvgIpc) is 2.77. The molecular weight excluding hydrogens is 302 g/mol. The summed E-state index contributed by atoms with van der Waals surface area (Å²) in [4.78, 5) is 12.4. The van der Waals surface area contributed by atoms with Gasteiger partial charge in [-0.15, -0.1) is 0 Å². The molecule has 0 spiro atoms. The number of aromatic nitrogens is 2. The molecule has 1 amide bonds. The second-order valence-electron chi connectivity index (χ2n) is 6.08. The van der Waals surface area contributed by atoms with Crippen molar-refractivity contribution in [3.05, 3.63) is 40.7 Å². The number of hydrogen-bond acceptors (Lipinski definition) is 3.